The standard InChI is InChI=1S/C16H24N2O/c1-4-16(9-6-10-16)18-15(19)13-8-7-12(3)11-14(13)17-5-2/h7-8,11,17H,4-6,9-10H2,1-3H3,(H,18,19). The maximum atomic E-state index is 12.5. The monoisotopic (exact) mass is 260 g/mol. The van der Waals surface area contributed by atoms with E-state index in [1.807, 2.05) is 32.0 Å². The first-order chi connectivity index (χ1) is 9.10. The van der Waals surface area contributed by atoms with Crippen molar-refractivity contribution >= 4 is 11.6 Å². The van der Waals surface area contributed by atoms with Crippen LogP contribution in [0.15, 0.2) is 18.2 Å². The van der Waals surface area contributed by atoms with E-state index < -0.39 is 0 Å². The second-order valence-corrected chi connectivity index (χ2v) is 5.52. The Bertz CT molecular complexity index is 458. The van der Waals surface area contributed by atoms with Gasteiger partial charge in [-0.3, -0.25) is 4.79 Å². The maximum Gasteiger partial charge on any atom is 0.253 e. The smallest absolute Gasteiger partial charge is 0.253 e. The average Bonchev–Trinajstić information content (AvgIpc) is 2.34. The summed E-state index contributed by atoms with van der Waals surface area (Å²) in [7, 11) is 0. The van der Waals surface area contributed by atoms with Crippen molar-refractivity contribution < 1.29 is 4.79 Å². The number of carbonyl (C=O) groups is 1. The minimum absolute atomic E-state index is 0.0471. The summed E-state index contributed by atoms with van der Waals surface area (Å²) >= 11 is 0. The van der Waals surface area contributed by atoms with Crippen LogP contribution < -0.4 is 10.6 Å². The molecule has 0 saturated heterocycles. The molecule has 0 aliphatic heterocycles. The van der Waals surface area contributed by atoms with Gasteiger partial charge in [-0.25, -0.2) is 0 Å². The highest BCUT2D eigenvalue weighted by molar-refractivity contribution is 6.00. The Morgan fingerprint density at radius 1 is 1.32 bits per heavy atom. The number of anilines is 1. The molecule has 0 aromatic heterocycles. The van der Waals surface area contributed by atoms with Gasteiger partial charge in [-0.1, -0.05) is 13.0 Å². The lowest BCUT2D eigenvalue weighted by molar-refractivity contribution is 0.0821. The fourth-order valence-corrected chi connectivity index (χ4v) is 2.67. The third-order valence-electron chi connectivity index (χ3n) is 4.15. The number of nitrogens with one attached hydrogen (secondary N) is 2. The van der Waals surface area contributed by atoms with Gasteiger partial charge in [0.1, 0.15) is 0 Å². The lowest BCUT2D eigenvalue weighted by atomic mass is 9.74. The maximum absolute atomic E-state index is 12.5. The van der Waals surface area contributed by atoms with Crippen molar-refractivity contribution in [3.05, 3.63) is 29.3 Å². The summed E-state index contributed by atoms with van der Waals surface area (Å²) in [5.41, 5.74) is 2.91. The molecule has 1 aromatic carbocycles. The fraction of sp³-hybridized carbons (Fsp3) is 0.562. The topological polar surface area (TPSA) is 41.1 Å². The quantitative estimate of drug-likeness (QED) is 0.851. The van der Waals surface area contributed by atoms with Crippen LogP contribution in [0.1, 0.15) is 55.5 Å². The molecule has 0 atom stereocenters. The van der Waals surface area contributed by atoms with Gasteiger partial charge in [0, 0.05) is 17.8 Å². The highest BCUT2D eigenvalue weighted by Crippen LogP contribution is 2.35. The second kappa shape index (κ2) is 5.64. The van der Waals surface area contributed by atoms with Crippen LogP contribution in [0.25, 0.3) is 0 Å². The Morgan fingerprint density at radius 3 is 2.58 bits per heavy atom. The number of hydrogen-bond acceptors (Lipinski definition) is 2. The van der Waals surface area contributed by atoms with Gasteiger partial charge < -0.3 is 10.6 Å². The van der Waals surface area contributed by atoms with Crippen LogP contribution in [-0.4, -0.2) is 18.0 Å². The molecule has 1 aliphatic carbocycles. The summed E-state index contributed by atoms with van der Waals surface area (Å²) < 4.78 is 0. The molecule has 3 nitrogen and oxygen atoms in total. The van der Waals surface area contributed by atoms with Crippen molar-refractivity contribution in [2.24, 2.45) is 0 Å². The molecule has 1 aromatic rings. The van der Waals surface area contributed by atoms with Crippen LogP contribution in [0.3, 0.4) is 0 Å². The molecule has 0 heterocycles. The first-order valence-electron chi connectivity index (χ1n) is 7.27. The summed E-state index contributed by atoms with van der Waals surface area (Å²) in [6, 6.07) is 5.96. The number of amides is 1. The van der Waals surface area contributed by atoms with E-state index in [9.17, 15) is 4.79 Å². The van der Waals surface area contributed by atoms with Crippen molar-refractivity contribution in [3.63, 3.8) is 0 Å². The summed E-state index contributed by atoms with van der Waals surface area (Å²) in [5.74, 6) is 0.0532. The first-order valence-corrected chi connectivity index (χ1v) is 7.27. The van der Waals surface area contributed by atoms with E-state index in [-0.39, 0.29) is 11.4 Å². The Hall–Kier alpha value is -1.51. The molecule has 1 aliphatic rings. The van der Waals surface area contributed by atoms with Crippen LogP contribution >= 0.6 is 0 Å². The summed E-state index contributed by atoms with van der Waals surface area (Å²) in [4.78, 5) is 12.5. The van der Waals surface area contributed by atoms with E-state index in [4.69, 9.17) is 0 Å². The number of carbonyl (C=O) groups excluding carboxylic acids is 1. The number of rotatable bonds is 5. The molecule has 0 spiro atoms. The van der Waals surface area contributed by atoms with Gasteiger partial charge in [-0.05, 0) is 57.2 Å². The van der Waals surface area contributed by atoms with Crippen LogP contribution in [0.4, 0.5) is 5.69 Å². The van der Waals surface area contributed by atoms with Crippen molar-refractivity contribution in [1.82, 2.24) is 5.32 Å². The van der Waals surface area contributed by atoms with Gasteiger partial charge in [-0.15, -0.1) is 0 Å². The third kappa shape index (κ3) is 2.91. The largest absolute Gasteiger partial charge is 0.385 e. The predicted molar refractivity (Wildman–Crippen MR) is 79.7 cm³/mol. The molecule has 104 valence electrons. The number of aryl methyl sites for hydroxylation is 1. The van der Waals surface area contributed by atoms with Crippen molar-refractivity contribution in [1.29, 1.82) is 0 Å². The summed E-state index contributed by atoms with van der Waals surface area (Å²) in [5, 5.41) is 6.51. The van der Waals surface area contributed by atoms with E-state index in [0.717, 1.165) is 37.1 Å². The minimum Gasteiger partial charge on any atom is -0.385 e. The molecule has 3 heteroatoms. The highest BCUT2D eigenvalue weighted by Gasteiger charge is 2.36. The van der Waals surface area contributed by atoms with Gasteiger partial charge >= 0.3 is 0 Å². The summed E-state index contributed by atoms with van der Waals surface area (Å²) in [6.45, 7) is 7.06. The molecule has 19 heavy (non-hydrogen) atoms. The van der Waals surface area contributed by atoms with Crippen LogP contribution in [0.2, 0.25) is 0 Å². The normalized spacial score (nSPS) is 16.6. The van der Waals surface area contributed by atoms with E-state index >= 15 is 0 Å². The van der Waals surface area contributed by atoms with E-state index in [1.165, 1.54) is 12.0 Å². The van der Waals surface area contributed by atoms with E-state index in [1.54, 1.807) is 0 Å². The zero-order valence-electron chi connectivity index (χ0n) is 12.2. The average molecular weight is 260 g/mol. The fourth-order valence-electron chi connectivity index (χ4n) is 2.67. The zero-order valence-corrected chi connectivity index (χ0v) is 12.2. The Labute approximate surface area is 115 Å². The minimum atomic E-state index is 0.0471. The van der Waals surface area contributed by atoms with E-state index in [2.05, 4.69) is 17.6 Å². The number of hydrogen-bond donors (Lipinski definition) is 2. The molecular weight excluding hydrogens is 236 g/mol. The van der Waals surface area contributed by atoms with Crippen LogP contribution in [-0.2, 0) is 0 Å². The van der Waals surface area contributed by atoms with Gasteiger partial charge in [0.05, 0.1) is 5.56 Å². The molecule has 0 unspecified atom stereocenters. The Morgan fingerprint density at radius 2 is 2.05 bits per heavy atom. The lowest BCUT2D eigenvalue weighted by Gasteiger charge is -2.42. The first kappa shape index (κ1) is 13.9. The van der Waals surface area contributed by atoms with Gasteiger partial charge in [-0.2, -0.15) is 0 Å². The predicted octanol–water partition coefficient (Wildman–Crippen LogP) is 3.49. The van der Waals surface area contributed by atoms with Crippen LogP contribution in [0.5, 0.6) is 0 Å². The highest BCUT2D eigenvalue weighted by atomic mass is 16.1. The molecule has 2 N–H and O–H groups in total. The van der Waals surface area contributed by atoms with Crippen molar-refractivity contribution in [2.45, 2.75) is 52.0 Å². The molecule has 0 bridgehead atoms. The van der Waals surface area contributed by atoms with Crippen molar-refractivity contribution in [2.75, 3.05) is 11.9 Å². The van der Waals surface area contributed by atoms with Crippen molar-refractivity contribution in [3.8, 4) is 0 Å². The molecule has 0 radical (unpaired) electrons. The molecule has 1 fully saturated rings. The molecule has 2 rings (SSSR count). The second-order valence-electron chi connectivity index (χ2n) is 5.52. The molecule has 1 amide bonds. The number of benzene rings is 1. The van der Waals surface area contributed by atoms with Crippen LogP contribution in [0, 0.1) is 6.92 Å². The third-order valence-corrected chi connectivity index (χ3v) is 4.15. The summed E-state index contributed by atoms with van der Waals surface area (Å²) in [6.07, 6.45) is 4.46. The van der Waals surface area contributed by atoms with Gasteiger partial charge in [0.2, 0.25) is 0 Å². The Kier molecular flexibility index (Phi) is 4.13. The SMILES string of the molecule is CCNc1cc(C)ccc1C(=O)NC1(CC)CCC1. The Balaban J connectivity index is 2.18. The molecule has 1 saturated carbocycles. The van der Waals surface area contributed by atoms with Gasteiger partial charge in [0.25, 0.3) is 5.91 Å². The molecular formula is C16H24N2O. The van der Waals surface area contributed by atoms with Gasteiger partial charge in [0.15, 0.2) is 0 Å². The lowest BCUT2D eigenvalue weighted by Crippen LogP contribution is -2.53. The van der Waals surface area contributed by atoms with E-state index in [0.29, 0.717) is 0 Å². The zero-order chi connectivity index (χ0) is 13.9.